The van der Waals surface area contributed by atoms with Crippen LogP contribution in [-0.2, 0) is 6.54 Å². The number of halogens is 1. The molecule has 2 rings (SSSR count). The Kier molecular flexibility index (Phi) is 2.00. The fourth-order valence-electron chi connectivity index (χ4n) is 1.45. The molecule has 1 heterocycles. The van der Waals surface area contributed by atoms with Crippen molar-refractivity contribution in [1.82, 2.24) is 9.55 Å². The Labute approximate surface area is 84.7 Å². The summed E-state index contributed by atoms with van der Waals surface area (Å²) in [5, 5.41) is 0. The number of nitrogens with two attached hydrogens (primary N) is 1. The van der Waals surface area contributed by atoms with E-state index < -0.39 is 0 Å². The number of aromatic nitrogens is 2. The maximum atomic E-state index is 5.75. The van der Waals surface area contributed by atoms with E-state index >= 15 is 0 Å². The normalized spacial score (nSPS) is 10.9. The molecule has 0 atom stereocenters. The molecule has 4 heteroatoms. The Morgan fingerprint density at radius 3 is 3.00 bits per heavy atom. The number of benzene rings is 1. The van der Waals surface area contributed by atoms with Crippen molar-refractivity contribution < 1.29 is 0 Å². The molecule has 2 aromatic rings. The monoisotopic (exact) mass is 239 g/mol. The van der Waals surface area contributed by atoms with Gasteiger partial charge in [-0.05, 0) is 25.1 Å². The molecule has 2 N–H and O–H groups in total. The minimum absolute atomic E-state index is 0.579. The second-order valence-electron chi connectivity index (χ2n) is 2.85. The van der Waals surface area contributed by atoms with Crippen molar-refractivity contribution in [3.8, 4) is 0 Å². The Morgan fingerprint density at radius 1 is 1.54 bits per heavy atom. The van der Waals surface area contributed by atoms with Gasteiger partial charge in [-0.3, -0.25) is 0 Å². The van der Waals surface area contributed by atoms with E-state index in [-0.39, 0.29) is 0 Å². The summed E-state index contributed by atoms with van der Waals surface area (Å²) in [4.78, 5) is 4.26. The molecule has 0 fully saturated rings. The number of aryl methyl sites for hydroxylation is 1. The number of rotatable bonds is 1. The molecule has 0 unspecified atom stereocenters. The highest BCUT2D eigenvalue weighted by molar-refractivity contribution is 9.10. The van der Waals surface area contributed by atoms with Crippen molar-refractivity contribution in [3.63, 3.8) is 0 Å². The van der Waals surface area contributed by atoms with Crippen LogP contribution in [0.2, 0.25) is 0 Å². The van der Waals surface area contributed by atoms with Crippen LogP contribution in [0.5, 0.6) is 0 Å². The Bertz CT molecular complexity index is 447. The van der Waals surface area contributed by atoms with Gasteiger partial charge in [-0.25, -0.2) is 4.98 Å². The molecule has 68 valence electrons. The largest absolute Gasteiger partial charge is 0.369 e. The summed E-state index contributed by atoms with van der Waals surface area (Å²) in [6.45, 7) is 2.91. The van der Waals surface area contributed by atoms with Gasteiger partial charge in [-0.1, -0.05) is 15.9 Å². The van der Waals surface area contributed by atoms with Crippen molar-refractivity contribution in [2.75, 3.05) is 5.73 Å². The van der Waals surface area contributed by atoms with Crippen LogP contribution in [0.15, 0.2) is 22.7 Å². The van der Waals surface area contributed by atoms with Gasteiger partial charge in [-0.15, -0.1) is 0 Å². The highest BCUT2D eigenvalue weighted by Crippen LogP contribution is 2.21. The summed E-state index contributed by atoms with van der Waals surface area (Å²) in [7, 11) is 0. The minimum atomic E-state index is 0.579. The summed E-state index contributed by atoms with van der Waals surface area (Å²) in [5.74, 6) is 0.579. The number of anilines is 1. The third-order valence-corrected chi connectivity index (χ3v) is 2.55. The molecule has 1 aromatic carbocycles. The van der Waals surface area contributed by atoms with E-state index in [2.05, 4.69) is 27.8 Å². The predicted octanol–water partition coefficient (Wildman–Crippen LogP) is 2.40. The number of imidazole rings is 1. The molecule has 1 aromatic heterocycles. The standard InChI is InChI=1S/C9H10BrN3/c1-2-13-8-4-3-6(10)5-7(8)12-9(13)11/h3-5H,2H2,1H3,(H2,11,12). The molecule has 0 saturated carbocycles. The van der Waals surface area contributed by atoms with Crippen LogP contribution >= 0.6 is 15.9 Å². The van der Waals surface area contributed by atoms with Crippen LogP contribution in [0.3, 0.4) is 0 Å². The topological polar surface area (TPSA) is 43.8 Å². The molecule has 0 spiro atoms. The maximum Gasteiger partial charge on any atom is 0.201 e. The average Bonchev–Trinajstić information content (AvgIpc) is 2.39. The SMILES string of the molecule is CCn1c(N)nc2cc(Br)ccc21. The zero-order valence-electron chi connectivity index (χ0n) is 7.29. The van der Waals surface area contributed by atoms with Gasteiger partial charge >= 0.3 is 0 Å². The predicted molar refractivity (Wildman–Crippen MR) is 57.5 cm³/mol. The lowest BCUT2D eigenvalue weighted by atomic mass is 10.3. The van der Waals surface area contributed by atoms with E-state index in [1.54, 1.807) is 0 Å². The second kappa shape index (κ2) is 3.03. The lowest BCUT2D eigenvalue weighted by Gasteiger charge is -2.00. The van der Waals surface area contributed by atoms with Crippen LogP contribution in [0.4, 0.5) is 5.95 Å². The van der Waals surface area contributed by atoms with Gasteiger partial charge in [-0.2, -0.15) is 0 Å². The van der Waals surface area contributed by atoms with Gasteiger partial charge in [0.2, 0.25) is 5.95 Å². The number of hydrogen-bond donors (Lipinski definition) is 1. The summed E-state index contributed by atoms with van der Waals surface area (Å²) >= 11 is 3.40. The Balaban J connectivity index is 2.79. The number of nitrogens with zero attached hydrogens (tertiary/aromatic N) is 2. The Hall–Kier alpha value is -1.03. The first-order chi connectivity index (χ1) is 6.22. The van der Waals surface area contributed by atoms with Crippen molar-refractivity contribution in [3.05, 3.63) is 22.7 Å². The molecular formula is C9H10BrN3. The van der Waals surface area contributed by atoms with Crippen LogP contribution in [0, 0.1) is 0 Å². The van der Waals surface area contributed by atoms with E-state index in [4.69, 9.17) is 5.73 Å². The minimum Gasteiger partial charge on any atom is -0.369 e. The van der Waals surface area contributed by atoms with Crippen molar-refractivity contribution >= 4 is 32.9 Å². The van der Waals surface area contributed by atoms with Crippen LogP contribution in [0.1, 0.15) is 6.92 Å². The van der Waals surface area contributed by atoms with E-state index in [0.717, 1.165) is 22.1 Å². The second-order valence-corrected chi connectivity index (χ2v) is 3.76. The molecular weight excluding hydrogens is 230 g/mol. The molecule has 0 bridgehead atoms. The van der Waals surface area contributed by atoms with Crippen molar-refractivity contribution in [2.45, 2.75) is 13.5 Å². The van der Waals surface area contributed by atoms with Gasteiger partial charge in [0.1, 0.15) is 0 Å². The first-order valence-corrected chi connectivity index (χ1v) is 4.93. The first-order valence-electron chi connectivity index (χ1n) is 4.13. The smallest absolute Gasteiger partial charge is 0.201 e. The quantitative estimate of drug-likeness (QED) is 0.831. The summed E-state index contributed by atoms with van der Waals surface area (Å²) < 4.78 is 3.02. The zero-order chi connectivity index (χ0) is 9.42. The van der Waals surface area contributed by atoms with E-state index in [0.29, 0.717) is 5.95 Å². The van der Waals surface area contributed by atoms with E-state index in [9.17, 15) is 0 Å². The first kappa shape index (κ1) is 8.56. The molecule has 0 aliphatic heterocycles. The summed E-state index contributed by atoms with van der Waals surface area (Å²) in [6.07, 6.45) is 0. The number of hydrogen-bond acceptors (Lipinski definition) is 2. The lowest BCUT2D eigenvalue weighted by molar-refractivity contribution is 0.800. The van der Waals surface area contributed by atoms with Crippen LogP contribution < -0.4 is 5.73 Å². The molecule has 3 nitrogen and oxygen atoms in total. The van der Waals surface area contributed by atoms with Crippen LogP contribution in [0.25, 0.3) is 11.0 Å². The third kappa shape index (κ3) is 1.31. The maximum absolute atomic E-state index is 5.75. The van der Waals surface area contributed by atoms with Crippen LogP contribution in [-0.4, -0.2) is 9.55 Å². The van der Waals surface area contributed by atoms with Gasteiger partial charge in [0.05, 0.1) is 11.0 Å². The third-order valence-electron chi connectivity index (χ3n) is 2.06. The molecule has 0 amide bonds. The molecule has 0 radical (unpaired) electrons. The van der Waals surface area contributed by atoms with Crippen molar-refractivity contribution in [2.24, 2.45) is 0 Å². The highest BCUT2D eigenvalue weighted by atomic mass is 79.9. The van der Waals surface area contributed by atoms with Crippen molar-refractivity contribution in [1.29, 1.82) is 0 Å². The van der Waals surface area contributed by atoms with Gasteiger partial charge in [0, 0.05) is 11.0 Å². The fourth-order valence-corrected chi connectivity index (χ4v) is 1.80. The van der Waals surface area contributed by atoms with Gasteiger partial charge < -0.3 is 10.3 Å². The van der Waals surface area contributed by atoms with E-state index in [1.807, 2.05) is 22.8 Å². The Morgan fingerprint density at radius 2 is 2.31 bits per heavy atom. The number of nitrogen functional groups attached to an aromatic ring is 1. The van der Waals surface area contributed by atoms with E-state index in [1.165, 1.54) is 0 Å². The van der Waals surface area contributed by atoms with Gasteiger partial charge in [0.25, 0.3) is 0 Å². The molecule has 0 saturated heterocycles. The average molecular weight is 240 g/mol. The molecule has 0 aliphatic rings. The number of fused-ring (bicyclic) bond motifs is 1. The molecule has 13 heavy (non-hydrogen) atoms. The molecule has 0 aliphatic carbocycles. The fraction of sp³-hybridized carbons (Fsp3) is 0.222. The lowest BCUT2D eigenvalue weighted by Crippen LogP contribution is -2.00. The highest BCUT2D eigenvalue weighted by Gasteiger charge is 2.05. The summed E-state index contributed by atoms with van der Waals surface area (Å²) in [6, 6.07) is 5.99. The zero-order valence-corrected chi connectivity index (χ0v) is 8.87. The summed E-state index contributed by atoms with van der Waals surface area (Å²) in [5.41, 5.74) is 7.78. The van der Waals surface area contributed by atoms with Gasteiger partial charge in [0.15, 0.2) is 0 Å².